The number of hydrogen-bond donors (Lipinski definition) is 0. The van der Waals surface area contributed by atoms with Gasteiger partial charge >= 0.3 is 0 Å². The fourth-order valence-corrected chi connectivity index (χ4v) is 1.20. The van der Waals surface area contributed by atoms with Crippen molar-refractivity contribution in [3.63, 3.8) is 0 Å². The highest BCUT2D eigenvalue weighted by Gasteiger charge is 2.09. The Hall–Kier alpha value is -1.05. The Labute approximate surface area is 60.3 Å². The molecule has 0 fully saturated rings. The summed E-state index contributed by atoms with van der Waals surface area (Å²) in [6.07, 6.45) is 7.11. The van der Waals surface area contributed by atoms with Crippen LogP contribution in [0.25, 0.3) is 0 Å². The maximum Gasteiger partial charge on any atom is 0.0577 e. The first-order valence-corrected chi connectivity index (χ1v) is 3.54. The molecular formula is C8H9N2. The molecule has 2 aliphatic heterocycles. The average molecular weight is 133 g/mol. The predicted octanol–water partition coefficient (Wildman–Crippen LogP) is 0.889. The number of dihydropyridines is 1. The van der Waals surface area contributed by atoms with Gasteiger partial charge in [0.1, 0.15) is 0 Å². The maximum atomic E-state index is 4.35. The Kier molecular flexibility index (Phi) is 1.31. The van der Waals surface area contributed by atoms with Gasteiger partial charge in [-0.25, -0.2) is 0 Å². The summed E-state index contributed by atoms with van der Waals surface area (Å²) in [5.41, 5.74) is 2.44. The second kappa shape index (κ2) is 2.29. The topological polar surface area (TPSA) is 26.5 Å². The van der Waals surface area contributed by atoms with Crippen LogP contribution in [0.3, 0.4) is 0 Å². The molecule has 0 aromatic rings. The fraction of sp³-hybridized carbons (Fsp3) is 0.375. The minimum absolute atomic E-state index is 0.854. The Bertz CT molecular complexity index is 201. The van der Waals surface area contributed by atoms with Crippen LogP contribution in [0.5, 0.6) is 0 Å². The number of nitrogens with zero attached hydrogens (tertiary/aromatic N) is 2. The predicted molar refractivity (Wildman–Crippen MR) is 41.1 cm³/mol. The van der Waals surface area contributed by atoms with Crippen molar-refractivity contribution in [3.05, 3.63) is 23.4 Å². The molecule has 0 bridgehead atoms. The second-order valence-electron chi connectivity index (χ2n) is 2.43. The Morgan fingerprint density at radius 3 is 3.30 bits per heavy atom. The van der Waals surface area contributed by atoms with Crippen LogP contribution in [-0.4, -0.2) is 19.3 Å². The first kappa shape index (κ1) is 5.71. The third-order valence-corrected chi connectivity index (χ3v) is 1.73. The van der Waals surface area contributed by atoms with Gasteiger partial charge in [0, 0.05) is 30.5 Å². The Morgan fingerprint density at radius 1 is 1.40 bits per heavy atom. The molecule has 2 aliphatic rings. The molecule has 51 valence electrons. The maximum absolute atomic E-state index is 4.35. The van der Waals surface area contributed by atoms with Gasteiger partial charge in [-0.2, -0.15) is 0 Å². The summed E-state index contributed by atoms with van der Waals surface area (Å²) in [6, 6.07) is 0. The monoisotopic (exact) mass is 133 g/mol. The van der Waals surface area contributed by atoms with Crippen molar-refractivity contribution >= 4 is 6.21 Å². The van der Waals surface area contributed by atoms with E-state index in [1.165, 1.54) is 11.3 Å². The van der Waals surface area contributed by atoms with E-state index in [0.717, 1.165) is 19.5 Å². The van der Waals surface area contributed by atoms with Gasteiger partial charge in [-0.1, -0.05) is 12.2 Å². The van der Waals surface area contributed by atoms with Gasteiger partial charge in [-0.15, -0.1) is 0 Å². The van der Waals surface area contributed by atoms with Gasteiger partial charge in [-0.3, -0.25) is 10.3 Å². The highest BCUT2D eigenvalue weighted by Crippen LogP contribution is 2.14. The molecule has 0 N–H and O–H groups in total. The number of allylic oxidation sites excluding steroid dienone is 2. The zero-order chi connectivity index (χ0) is 6.81. The number of hydrogen-bond acceptors (Lipinski definition) is 1. The summed E-state index contributed by atoms with van der Waals surface area (Å²) < 4.78 is 0. The van der Waals surface area contributed by atoms with E-state index in [4.69, 9.17) is 0 Å². The molecule has 2 heterocycles. The zero-order valence-electron chi connectivity index (χ0n) is 5.75. The Balaban J connectivity index is 2.32. The van der Waals surface area contributed by atoms with E-state index in [2.05, 4.69) is 22.5 Å². The molecule has 0 spiro atoms. The van der Waals surface area contributed by atoms with Crippen molar-refractivity contribution in [1.82, 2.24) is 5.32 Å². The van der Waals surface area contributed by atoms with Crippen LogP contribution in [0.2, 0.25) is 0 Å². The molecule has 2 rings (SSSR count). The lowest BCUT2D eigenvalue weighted by Gasteiger charge is -2.15. The lowest BCUT2D eigenvalue weighted by Crippen LogP contribution is -2.15. The molecule has 1 radical (unpaired) electrons. The smallest absolute Gasteiger partial charge is 0.0577 e. The van der Waals surface area contributed by atoms with Crippen molar-refractivity contribution in [2.24, 2.45) is 4.99 Å². The van der Waals surface area contributed by atoms with E-state index >= 15 is 0 Å². The summed E-state index contributed by atoms with van der Waals surface area (Å²) in [6.45, 7) is 1.77. The highest BCUT2D eigenvalue weighted by atomic mass is 14.9. The van der Waals surface area contributed by atoms with E-state index in [-0.39, 0.29) is 0 Å². The zero-order valence-corrected chi connectivity index (χ0v) is 5.75. The molecule has 0 unspecified atom stereocenters. The molecule has 0 amide bonds. The largest absolute Gasteiger partial charge is 0.292 e. The van der Waals surface area contributed by atoms with Gasteiger partial charge in [0.15, 0.2) is 0 Å². The van der Waals surface area contributed by atoms with Crippen molar-refractivity contribution in [3.8, 4) is 0 Å². The van der Waals surface area contributed by atoms with Crippen LogP contribution in [0.1, 0.15) is 6.42 Å². The van der Waals surface area contributed by atoms with Crippen LogP contribution in [0, 0.1) is 0 Å². The SMILES string of the molecule is C1=CC2=C(CCN=C2)[N]C1. The van der Waals surface area contributed by atoms with Gasteiger partial charge in [0.05, 0.1) is 6.54 Å². The van der Waals surface area contributed by atoms with E-state index in [0.29, 0.717) is 0 Å². The first-order chi connectivity index (χ1) is 4.97. The van der Waals surface area contributed by atoms with E-state index in [9.17, 15) is 0 Å². The van der Waals surface area contributed by atoms with E-state index in [1.807, 2.05) is 6.21 Å². The molecule has 0 aliphatic carbocycles. The average Bonchev–Trinajstić information content (AvgIpc) is 2.05. The van der Waals surface area contributed by atoms with Gasteiger partial charge in [-0.05, 0) is 0 Å². The summed E-state index contributed by atoms with van der Waals surface area (Å²) in [5.74, 6) is 0. The molecule has 0 atom stereocenters. The molecule has 2 nitrogen and oxygen atoms in total. The van der Waals surface area contributed by atoms with Crippen LogP contribution < -0.4 is 5.32 Å². The van der Waals surface area contributed by atoms with Gasteiger partial charge < -0.3 is 0 Å². The lowest BCUT2D eigenvalue weighted by molar-refractivity contribution is 0.771. The second-order valence-corrected chi connectivity index (χ2v) is 2.43. The quantitative estimate of drug-likeness (QED) is 0.469. The standard InChI is InChI=1S/C8H9N2/c1-2-7-6-9-5-3-8(7)10-4-1/h1-2,6H,3-5H2. The summed E-state index contributed by atoms with van der Waals surface area (Å²) in [5, 5.41) is 4.35. The number of aliphatic imine (C=N–C) groups is 1. The molecular weight excluding hydrogens is 124 g/mol. The molecule has 0 saturated heterocycles. The minimum Gasteiger partial charge on any atom is -0.292 e. The number of rotatable bonds is 0. The van der Waals surface area contributed by atoms with Crippen molar-refractivity contribution in [1.29, 1.82) is 0 Å². The molecule has 2 heteroatoms. The van der Waals surface area contributed by atoms with Crippen molar-refractivity contribution < 1.29 is 0 Å². The molecule has 10 heavy (non-hydrogen) atoms. The summed E-state index contributed by atoms with van der Waals surface area (Å²) >= 11 is 0. The van der Waals surface area contributed by atoms with Crippen molar-refractivity contribution in [2.75, 3.05) is 13.1 Å². The first-order valence-electron chi connectivity index (χ1n) is 3.54. The lowest BCUT2D eigenvalue weighted by atomic mass is 10.1. The molecule has 0 aromatic heterocycles. The van der Waals surface area contributed by atoms with E-state index in [1.54, 1.807) is 0 Å². The van der Waals surface area contributed by atoms with Crippen molar-refractivity contribution in [2.45, 2.75) is 6.42 Å². The molecule has 0 saturated carbocycles. The van der Waals surface area contributed by atoms with Crippen LogP contribution in [-0.2, 0) is 0 Å². The normalized spacial score (nSPS) is 22.4. The van der Waals surface area contributed by atoms with Crippen LogP contribution in [0.15, 0.2) is 28.4 Å². The Morgan fingerprint density at radius 2 is 2.40 bits per heavy atom. The van der Waals surface area contributed by atoms with E-state index < -0.39 is 0 Å². The third kappa shape index (κ3) is 0.856. The van der Waals surface area contributed by atoms with Crippen LogP contribution in [0.4, 0.5) is 0 Å². The van der Waals surface area contributed by atoms with Crippen LogP contribution >= 0.6 is 0 Å². The minimum atomic E-state index is 0.854. The third-order valence-electron chi connectivity index (χ3n) is 1.73. The summed E-state index contributed by atoms with van der Waals surface area (Å²) in [7, 11) is 0. The fourth-order valence-electron chi connectivity index (χ4n) is 1.20. The highest BCUT2D eigenvalue weighted by molar-refractivity contribution is 5.84. The summed E-state index contributed by atoms with van der Waals surface area (Å²) in [4.78, 5) is 4.17. The van der Waals surface area contributed by atoms with Gasteiger partial charge in [0.25, 0.3) is 0 Å². The molecule has 0 aromatic carbocycles. The van der Waals surface area contributed by atoms with Gasteiger partial charge in [0.2, 0.25) is 0 Å².